The number of halogens is 3. The predicted molar refractivity (Wildman–Crippen MR) is 68.2 cm³/mol. The molecule has 0 radical (unpaired) electrons. The summed E-state index contributed by atoms with van der Waals surface area (Å²) in [5.74, 6) is 0.138. The van der Waals surface area contributed by atoms with E-state index in [4.69, 9.17) is 9.47 Å². The lowest BCUT2D eigenvalue weighted by molar-refractivity contribution is -0.139. The predicted octanol–water partition coefficient (Wildman–Crippen LogP) is 3.44. The largest absolute Gasteiger partial charge is 0.493 e. The molecule has 21 heavy (non-hydrogen) atoms. The van der Waals surface area contributed by atoms with E-state index in [2.05, 4.69) is 4.99 Å². The van der Waals surface area contributed by atoms with E-state index in [1.54, 1.807) is 0 Å². The van der Waals surface area contributed by atoms with Crippen LogP contribution in [0.25, 0.3) is 0 Å². The van der Waals surface area contributed by atoms with Gasteiger partial charge >= 0.3 is 6.18 Å². The van der Waals surface area contributed by atoms with Crippen LogP contribution < -0.4 is 9.47 Å². The fourth-order valence-electron chi connectivity index (χ4n) is 2.64. The Morgan fingerprint density at radius 1 is 1.24 bits per heavy atom. The molecular formula is C14H14F3NO3. The van der Waals surface area contributed by atoms with E-state index in [1.807, 2.05) is 0 Å². The van der Waals surface area contributed by atoms with Crippen LogP contribution in [0.5, 0.6) is 11.5 Å². The van der Waals surface area contributed by atoms with E-state index in [-0.39, 0.29) is 17.1 Å². The van der Waals surface area contributed by atoms with Gasteiger partial charge in [-0.2, -0.15) is 18.2 Å². The van der Waals surface area contributed by atoms with Gasteiger partial charge in [-0.25, -0.2) is 4.79 Å². The van der Waals surface area contributed by atoms with Crippen molar-refractivity contribution >= 4 is 6.08 Å². The van der Waals surface area contributed by atoms with Crippen LogP contribution in [0, 0.1) is 0 Å². The number of benzene rings is 1. The van der Waals surface area contributed by atoms with Crippen molar-refractivity contribution in [1.29, 1.82) is 0 Å². The number of nitrogens with zero attached hydrogens (tertiary/aromatic N) is 1. The highest BCUT2D eigenvalue weighted by atomic mass is 19.4. The molecule has 0 N–H and O–H groups in total. The minimum Gasteiger partial charge on any atom is -0.493 e. The summed E-state index contributed by atoms with van der Waals surface area (Å²) in [6.07, 6.45) is -1.82. The third-order valence-corrected chi connectivity index (χ3v) is 3.76. The van der Waals surface area contributed by atoms with Gasteiger partial charge in [-0.3, -0.25) is 0 Å². The maximum Gasteiger partial charge on any atom is 0.416 e. The highest BCUT2D eigenvalue weighted by Crippen LogP contribution is 2.54. The second kappa shape index (κ2) is 5.41. The van der Waals surface area contributed by atoms with Crippen LogP contribution in [0.15, 0.2) is 17.1 Å². The molecule has 0 atom stereocenters. The molecule has 0 aromatic heterocycles. The normalized spacial score (nSPS) is 16.6. The Hall–Kier alpha value is -2.01. The first-order valence-electron chi connectivity index (χ1n) is 6.31. The third-order valence-electron chi connectivity index (χ3n) is 3.76. The summed E-state index contributed by atoms with van der Waals surface area (Å²) in [7, 11) is 2.60. The van der Waals surface area contributed by atoms with E-state index in [0.717, 1.165) is 6.07 Å². The van der Waals surface area contributed by atoms with Crippen LogP contribution in [0.2, 0.25) is 0 Å². The van der Waals surface area contributed by atoms with Crippen molar-refractivity contribution in [3.8, 4) is 11.5 Å². The molecule has 0 bridgehead atoms. The van der Waals surface area contributed by atoms with Crippen LogP contribution in [-0.4, -0.2) is 20.3 Å². The highest BCUT2D eigenvalue weighted by Gasteiger charge is 2.48. The fourth-order valence-corrected chi connectivity index (χ4v) is 2.64. The van der Waals surface area contributed by atoms with E-state index >= 15 is 0 Å². The Labute approximate surface area is 119 Å². The number of aliphatic imine (C=N–C) groups is 1. The number of alkyl halides is 3. The van der Waals surface area contributed by atoms with E-state index in [0.29, 0.717) is 19.3 Å². The van der Waals surface area contributed by atoms with Crippen LogP contribution in [-0.2, 0) is 16.5 Å². The average Bonchev–Trinajstić information content (AvgIpc) is 2.40. The van der Waals surface area contributed by atoms with Gasteiger partial charge in [-0.05, 0) is 31.4 Å². The molecule has 0 heterocycles. The van der Waals surface area contributed by atoms with Gasteiger partial charge in [0, 0.05) is 5.56 Å². The smallest absolute Gasteiger partial charge is 0.416 e. The minimum absolute atomic E-state index is 0.0361. The maximum absolute atomic E-state index is 13.3. The van der Waals surface area contributed by atoms with Crippen molar-refractivity contribution in [3.63, 3.8) is 0 Å². The van der Waals surface area contributed by atoms with Crippen LogP contribution in [0.3, 0.4) is 0 Å². The summed E-state index contributed by atoms with van der Waals surface area (Å²) in [6, 6.07) is 2.12. The fraction of sp³-hybridized carbons (Fsp3) is 0.500. The summed E-state index contributed by atoms with van der Waals surface area (Å²) in [4.78, 5) is 14.3. The van der Waals surface area contributed by atoms with Gasteiger partial charge < -0.3 is 9.47 Å². The Morgan fingerprint density at radius 2 is 1.90 bits per heavy atom. The highest BCUT2D eigenvalue weighted by molar-refractivity contribution is 5.57. The Bertz CT molecular complexity index is 588. The monoisotopic (exact) mass is 301 g/mol. The zero-order chi connectivity index (χ0) is 15.7. The average molecular weight is 301 g/mol. The van der Waals surface area contributed by atoms with Gasteiger partial charge in [-0.1, -0.05) is 0 Å². The molecule has 1 fully saturated rings. The van der Waals surface area contributed by atoms with E-state index in [9.17, 15) is 18.0 Å². The number of rotatable bonds is 4. The summed E-state index contributed by atoms with van der Waals surface area (Å²) in [5.41, 5.74) is -2.24. The molecule has 114 valence electrons. The number of isocyanates is 1. The Balaban J connectivity index is 2.78. The van der Waals surface area contributed by atoms with Crippen molar-refractivity contribution < 1.29 is 27.4 Å². The molecular weight excluding hydrogens is 287 g/mol. The summed E-state index contributed by atoms with van der Waals surface area (Å²) < 4.78 is 50.1. The van der Waals surface area contributed by atoms with Gasteiger partial charge in [0.2, 0.25) is 6.08 Å². The number of carbonyl (C=O) groups excluding carboxylic acids is 1. The van der Waals surface area contributed by atoms with Crippen molar-refractivity contribution in [3.05, 3.63) is 23.3 Å². The number of hydrogen-bond donors (Lipinski definition) is 0. The van der Waals surface area contributed by atoms with Crippen LogP contribution in [0.1, 0.15) is 30.4 Å². The first-order valence-corrected chi connectivity index (χ1v) is 6.31. The second-order valence-corrected chi connectivity index (χ2v) is 4.81. The second-order valence-electron chi connectivity index (χ2n) is 4.81. The van der Waals surface area contributed by atoms with Gasteiger partial charge in [0.15, 0.2) is 11.5 Å². The molecule has 0 spiro atoms. The number of ether oxygens (including phenoxy) is 2. The van der Waals surface area contributed by atoms with Gasteiger partial charge in [0.25, 0.3) is 0 Å². The molecule has 4 nitrogen and oxygen atoms in total. The first kappa shape index (κ1) is 15.4. The van der Waals surface area contributed by atoms with Crippen molar-refractivity contribution in [2.45, 2.75) is 31.0 Å². The molecule has 0 saturated heterocycles. The Morgan fingerprint density at radius 3 is 2.29 bits per heavy atom. The van der Waals surface area contributed by atoms with Crippen LogP contribution >= 0.6 is 0 Å². The molecule has 0 amide bonds. The maximum atomic E-state index is 13.3. The molecule has 1 aliphatic rings. The minimum atomic E-state index is -4.57. The van der Waals surface area contributed by atoms with E-state index in [1.165, 1.54) is 26.4 Å². The SMILES string of the molecule is COc1ccc(C(F)(F)F)c(C2(N=C=O)CCC2)c1OC. The standard InChI is InChI=1S/C14H14F3NO3/c1-20-10-5-4-9(14(15,16)17)11(12(10)21-2)13(18-8-19)6-3-7-13/h4-5H,3,6-7H2,1-2H3. The molecule has 1 aromatic carbocycles. The van der Waals surface area contributed by atoms with E-state index < -0.39 is 17.3 Å². The first-order chi connectivity index (χ1) is 9.89. The molecule has 1 saturated carbocycles. The van der Waals surface area contributed by atoms with Crippen molar-refractivity contribution in [2.75, 3.05) is 14.2 Å². The molecule has 1 aliphatic carbocycles. The zero-order valence-electron chi connectivity index (χ0n) is 11.6. The quantitative estimate of drug-likeness (QED) is 0.632. The van der Waals surface area contributed by atoms with Crippen molar-refractivity contribution in [2.24, 2.45) is 4.99 Å². The van der Waals surface area contributed by atoms with Crippen molar-refractivity contribution in [1.82, 2.24) is 0 Å². The lowest BCUT2D eigenvalue weighted by Gasteiger charge is -2.39. The van der Waals surface area contributed by atoms with Crippen LogP contribution in [0.4, 0.5) is 13.2 Å². The molecule has 0 aliphatic heterocycles. The number of methoxy groups -OCH3 is 2. The summed E-state index contributed by atoms with van der Waals surface area (Å²) in [6.45, 7) is 0. The summed E-state index contributed by atoms with van der Waals surface area (Å²) >= 11 is 0. The Kier molecular flexibility index (Phi) is 3.96. The lowest BCUT2D eigenvalue weighted by Crippen LogP contribution is -2.35. The molecule has 2 rings (SSSR count). The third kappa shape index (κ3) is 2.49. The topological polar surface area (TPSA) is 47.9 Å². The number of hydrogen-bond acceptors (Lipinski definition) is 4. The lowest BCUT2D eigenvalue weighted by atomic mass is 9.70. The zero-order valence-corrected chi connectivity index (χ0v) is 11.6. The van der Waals surface area contributed by atoms with Gasteiger partial charge in [0.1, 0.15) is 5.54 Å². The molecule has 7 heteroatoms. The van der Waals surface area contributed by atoms with Gasteiger partial charge in [0.05, 0.1) is 19.8 Å². The summed E-state index contributed by atoms with van der Waals surface area (Å²) in [5, 5.41) is 0. The molecule has 0 unspecified atom stereocenters. The molecule has 1 aromatic rings. The van der Waals surface area contributed by atoms with Gasteiger partial charge in [-0.15, -0.1) is 0 Å².